The highest BCUT2D eigenvalue weighted by Gasteiger charge is 2.26. The van der Waals surface area contributed by atoms with E-state index in [2.05, 4.69) is 137 Å². The molecule has 18 rings (SSSR count). The smallest absolute Gasteiger partial charge is 0.347 e. The van der Waals surface area contributed by atoms with Gasteiger partial charge in [0.15, 0.2) is 23.4 Å². The number of hydrogen-bond acceptors (Lipinski definition) is 26. The second kappa shape index (κ2) is 31.9. The van der Waals surface area contributed by atoms with Gasteiger partial charge < -0.3 is 85.8 Å². The molecular formula is C70H81ClN32O3. The number of hydrogen-bond donors (Lipinski definition) is 15. The number of aryl methyl sites for hydroxylation is 8. The zero-order valence-electron chi connectivity index (χ0n) is 60.1. The van der Waals surface area contributed by atoms with E-state index < -0.39 is 5.69 Å². The summed E-state index contributed by atoms with van der Waals surface area (Å²) in [6, 6.07) is 15.4. The van der Waals surface area contributed by atoms with Gasteiger partial charge in [-0.25, -0.2) is 53.3 Å². The number of rotatable bonds is 1. The summed E-state index contributed by atoms with van der Waals surface area (Å²) in [5.74, 6) is 3.38. The van der Waals surface area contributed by atoms with Crippen LogP contribution < -0.4 is 67.2 Å². The van der Waals surface area contributed by atoms with Gasteiger partial charge in [-0.1, -0.05) is 30.9 Å². The second-order valence-electron chi connectivity index (χ2n) is 24.4. The molecule has 23 N–H and O–H groups in total. The zero-order chi connectivity index (χ0) is 76.5. The molecule has 0 radical (unpaired) electrons. The SMILES string of the molecule is C=C1NC(N)=NC2C(C)=CC=C12.CC1=CC=C2C(C)=NC(N)=NC12.COc1nc(N)nc2c(C)c[nH]c12.Cc1c[nH]c2c(N)nc(=O)[nH]c12.Cc1c[nH]c2c(N)nc(N)nc12.Cc1c[nH]c2ccc(N)nc12.Cc1ccc2c(=O)[nH]cnn12.Cc1ccc2c(N)nc(Cl)nn12.Cc1ncnn2c(C)ccc12. The van der Waals surface area contributed by atoms with Crippen LogP contribution >= 0.6 is 11.6 Å². The molecule has 2 aliphatic carbocycles. The van der Waals surface area contributed by atoms with Crippen LogP contribution in [0.4, 0.5) is 35.2 Å². The molecule has 2 unspecified atom stereocenters. The van der Waals surface area contributed by atoms with Gasteiger partial charge in [0.2, 0.25) is 29.0 Å². The first-order valence-corrected chi connectivity index (χ1v) is 32.9. The van der Waals surface area contributed by atoms with E-state index in [4.69, 9.17) is 62.2 Å². The number of nitrogens with two attached hydrogens (primary N) is 8. The summed E-state index contributed by atoms with van der Waals surface area (Å²) in [4.78, 5) is 83.3. The number of aromatic nitrogens is 20. The minimum atomic E-state index is -0.414. The number of methoxy groups -OCH3 is 1. The standard InChI is InChI=1S/2C9H11N3.C8H10N4O.2C8H9N3.C7H7ClN4.C7H9N5.C7H8N4O.C7H7N3O/c2*1-5-3-4-7-6(2)11-9(10)12-8(5)7;1-4-3-10-6-5(4)11-8(9)12-7(6)13-2;1-6-3-4-8-7(2)9-5-10-11(6)8;1-5-4-10-6-2-3-7(9)11-8(5)6;1-4-2-3-5-6(9)10-7(8)11-12(4)5;1-3-2-10-5-4(3)11-7(9)12-6(5)8;1-3-2-9-5-4(3)10-7(12)11-6(5)8;1-5-2-3-6-7(11)8-4-9-10(5)6/h3-4,8H,1-2H3,(H2,10,12);3-4,8H,2H2,1H3,(H3,10,11,12);3,10H,1-2H3,(H2,9,11,12);3-5H,1-2H3;2-4,10H,1H3,(H2,9,11);2-3H,1H3,(H2,9,10,11);2,10H,1H3,(H4,8,9,11,12);2,9H,1H3,(H3,8,10,11,12);2-4H,1H3,(H,8,9,11). The molecule has 546 valence electrons. The first-order valence-electron chi connectivity index (χ1n) is 32.5. The third-order valence-corrected chi connectivity index (χ3v) is 16.9. The predicted molar refractivity (Wildman–Crippen MR) is 418 cm³/mol. The van der Waals surface area contributed by atoms with Crippen molar-refractivity contribution in [3.63, 3.8) is 0 Å². The number of guanidine groups is 2. The maximum atomic E-state index is 11.1. The average molecular weight is 1450 g/mol. The van der Waals surface area contributed by atoms with E-state index in [1.54, 1.807) is 40.8 Å². The highest BCUT2D eigenvalue weighted by molar-refractivity contribution is 6.28. The molecule has 14 aromatic heterocycles. The number of anilines is 6. The number of pyridine rings is 1. The molecule has 0 spiro atoms. The highest BCUT2D eigenvalue weighted by atomic mass is 35.5. The second-order valence-corrected chi connectivity index (χ2v) is 24.8. The molecule has 0 aromatic carbocycles. The van der Waals surface area contributed by atoms with Crippen molar-refractivity contribution in [3.05, 3.63) is 216 Å². The zero-order valence-corrected chi connectivity index (χ0v) is 60.8. The van der Waals surface area contributed by atoms with Gasteiger partial charge in [-0.15, -0.1) is 5.10 Å². The Morgan fingerprint density at radius 3 is 1.75 bits per heavy atom. The van der Waals surface area contributed by atoms with Crippen molar-refractivity contribution >= 4 is 125 Å². The van der Waals surface area contributed by atoms with E-state index in [9.17, 15) is 9.59 Å². The summed E-state index contributed by atoms with van der Waals surface area (Å²) in [5.41, 5.74) is 67.7. The molecule has 14 aromatic rings. The maximum Gasteiger partial charge on any atom is 0.347 e. The topological polar surface area (TPSA) is 550 Å². The fraction of sp³-hybridized carbons (Fsp3) is 0.200. The minimum Gasteiger partial charge on any atom is -0.479 e. The van der Waals surface area contributed by atoms with Crippen LogP contribution in [0, 0.1) is 55.4 Å². The van der Waals surface area contributed by atoms with Crippen LogP contribution in [0.5, 0.6) is 5.88 Å². The number of allylic oxidation sites excluding steroid dienone is 4. The van der Waals surface area contributed by atoms with Crippen molar-refractivity contribution in [1.82, 2.24) is 104 Å². The van der Waals surface area contributed by atoms with Gasteiger partial charge in [-0.2, -0.15) is 30.1 Å². The van der Waals surface area contributed by atoms with Crippen LogP contribution in [0.3, 0.4) is 0 Å². The van der Waals surface area contributed by atoms with E-state index in [-0.39, 0.29) is 40.6 Å². The molecular weight excluding hydrogens is 1370 g/mol. The van der Waals surface area contributed by atoms with Crippen LogP contribution in [0.1, 0.15) is 65.8 Å². The first-order chi connectivity index (χ1) is 50.5. The van der Waals surface area contributed by atoms with Crippen molar-refractivity contribution in [2.75, 3.05) is 41.5 Å². The largest absolute Gasteiger partial charge is 0.479 e. The molecule has 0 amide bonds. The van der Waals surface area contributed by atoms with Crippen LogP contribution in [-0.2, 0) is 0 Å². The highest BCUT2D eigenvalue weighted by Crippen LogP contribution is 2.30. The van der Waals surface area contributed by atoms with Gasteiger partial charge in [0.1, 0.15) is 63.7 Å². The number of aliphatic imine (C=N–C) groups is 3. The van der Waals surface area contributed by atoms with Gasteiger partial charge >= 0.3 is 5.69 Å². The summed E-state index contributed by atoms with van der Waals surface area (Å²) < 4.78 is 10.2. The Hall–Kier alpha value is -14.0. The van der Waals surface area contributed by atoms with Crippen LogP contribution in [0.15, 0.2) is 169 Å². The molecule has 36 heteroatoms. The molecule has 0 fully saturated rings. The lowest BCUT2D eigenvalue weighted by Gasteiger charge is -2.22. The summed E-state index contributed by atoms with van der Waals surface area (Å²) in [6.07, 6.45) is 18.6. The molecule has 0 saturated carbocycles. The van der Waals surface area contributed by atoms with E-state index in [1.807, 2.05) is 135 Å². The minimum absolute atomic E-state index is 0.104. The molecule has 106 heavy (non-hydrogen) atoms. The van der Waals surface area contributed by atoms with Gasteiger partial charge in [0.25, 0.3) is 5.56 Å². The van der Waals surface area contributed by atoms with E-state index >= 15 is 0 Å². The Labute approximate surface area is 609 Å². The normalized spacial score (nSPS) is 14.4. The van der Waals surface area contributed by atoms with Crippen molar-refractivity contribution in [2.24, 2.45) is 26.4 Å². The Balaban J connectivity index is 0.000000128. The monoisotopic (exact) mass is 1450 g/mol. The quantitative estimate of drug-likeness (QED) is 0.0754. The van der Waals surface area contributed by atoms with Crippen LogP contribution in [-0.4, -0.2) is 135 Å². The molecule has 0 bridgehead atoms. The average Bonchev–Trinajstić information content (AvgIpc) is 1.65. The molecule has 0 saturated heterocycles. The Morgan fingerprint density at radius 1 is 0.519 bits per heavy atom. The van der Waals surface area contributed by atoms with Gasteiger partial charge in [-0.05, 0) is 170 Å². The number of nitrogen functional groups attached to an aromatic ring is 6. The van der Waals surface area contributed by atoms with Crippen molar-refractivity contribution in [1.29, 1.82) is 0 Å². The lowest BCUT2D eigenvalue weighted by molar-refractivity contribution is 0.402. The lowest BCUT2D eigenvalue weighted by Crippen LogP contribution is -2.38. The molecule has 16 heterocycles. The lowest BCUT2D eigenvalue weighted by atomic mass is 10.0. The van der Waals surface area contributed by atoms with Gasteiger partial charge in [0, 0.05) is 64.4 Å². The number of H-pyrrole nitrogens is 6. The number of nitrogens with one attached hydrogen (secondary N) is 7. The van der Waals surface area contributed by atoms with Gasteiger partial charge in [-0.3, -0.25) is 4.79 Å². The Morgan fingerprint density at radius 2 is 1.08 bits per heavy atom. The summed E-state index contributed by atoms with van der Waals surface area (Å²) >= 11 is 5.63. The van der Waals surface area contributed by atoms with Crippen molar-refractivity contribution < 1.29 is 4.74 Å². The number of nitrogens with zero attached hydrogens (tertiary/aromatic N) is 17. The van der Waals surface area contributed by atoms with E-state index in [0.717, 1.165) is 112 Å². The van der Waals surface area contributed by atoms with E-state index in [0.29, 0.717) is 46.3 Å². The Bertz CT molecular complexity index is 5900. The molecule has 2 atom stereocenters. The number of aromatic amines is 6. The number of ether oxygens (including phenoxy) is 1. The number of fused-ring (bicyclic) bond motifs is 9. The van der Waals surface area contributed by atoms with Crippen LogP contribution in [0.25, 0.3) is 60.7 Å². The molecule has 4 aliphatic rings. The Kier molecular flexibility index (Phi) is 22.5. The fourth-order valence-electron chi connectivity index (χ4n) is 11.2. The molecule has 2 aliphatic heterocycles. The predicted octanol–water partition coefficient (Wildman–Crippen LogP) is 7.54. The first kappa shape index (κ1) is 74.7. The fourth-order valence-corrected chi connectivity index (χ4v) is 11.3. The van der Waals surface area contributed by atoms with E-state index in [1.165, 1.54) is 23.0 Å². The number of halogens is 1. The third kappa shape index (κ3) is 16.8. The van der Waals surface area contributed by atoms with Crippen molar-refractivity contribution in [3.8, 4) is 5.88 Å². The summed E-state index contributed by atoms with van der Waals surface area (Å²) in [5, 5.41) is 15.1. The summed E-state index contributed by atoms with van der Waals surface area (Å²) in [7, 11) is 1.55. The van der Waals surface area contributed by atoms with Crippen LogP contribution in [0.2, 0.25) is 5.28 Å². The maximum absolute atomic E-state index is 11.1. The van der Waals surface area contributed by atoms with Gasteiger partial charge in [0.05, 0.1) is 40.4 Å². The van der Waals surface area contributed by atoms with Crippen molar-refractivity contribution in [2.45, 2.75) is 88.2 Å². The third-order valence-electron chi connectivity index (χ3n) is 16.7. The molecule has 35 nitrogen and oxygen atoms in total. The summed E-state index contributed by atoms with van der Waals surface area (Å²) in [6.45, 7) is 25.5.